The first-order chi connectivity index (χ1) is 8.08. The number of nitrogens with zero attached hydrogens (tertiary/aromatic N) is 2. The molecule has 0 saturated heterocycles. The molecule has 88 valence electrons. The van der Waals surface area contributed by atoms with Gasteiger partial charge in [0.15, 0.2) is 0 Å². The zero-order valence-corrected chi connectivity index (χ0v) is 9.24. The summed E-state index contributed by atoms with van der Waals surface area (Å²) in [6, 6.07) is 5.96. The number of carboxylic acids is 1. The van der Waals surface area contributed by atoms with Crippen molar-refractivity contribution >= 4 is 5.97 Å². The Morgan fingerprint density at radius 1 is 1.29 bits per heavy atom. The van der Waals surface area contributed by atoms with Gasteiger partial charge in [-0.2, -0.15) is 5.10 Å². The summed E-state index contributed by atoms with van der Waals surface area (Å²) in [4.78, 5) is 10.8. The molecule has 5 heteroatoms. The smallest absolute Gasteiger partial charge is 0.328 e. The van der Waals surface area contributed by atoms with Crippen LogP contribution in [0, 0.1) is 0 Å². The Morgan fingerprint density at radius 3 is 2.53 bits per heavy atom. The van der Waals surface area contributed by atoms with Crippen LogP contribution in [0.1, 0.15) is 13.0 Å². The Hall–Kier alpha value is -2.30. The molecule has 0 spiro atoms. The summed E-state index contributed by atoms with van der Waals surface area (Å²) in [6.07, 6.45) is 3.27. The third-order valence-electron chi connectivity index (χ3n) is 2.56. The summed E-state index contributed by atoms with van der Waals surface area (Å²) >= 11 is 0. The summed E-state index contributed by atoms with van der Waals surface area (Å²) in [5.74, 6) is -0.731. The Kier molecular flexibility index (Phi) is 2.82. The first-order valence-electron chi connectivity index (χ1n) is 5.14. The van der Waals surface area contributed by atoms with Crippen LogP contribution in [-0.2, 0) is 4.79 Å². The number of benzene rings is 1. The third kappa shape index (κ3) is 2.28. The minimum Gasteiger partial charge on any atom is -0.508 e. The predicted octanol–water partition coefficient (Wildman–Crippen LogP) is 1.90. The molecule has 0 amide bonds. The minimum atomic E-state index is -0.926. The van der Waals surface area contributed by atoms with Crippen molar-refractivity contribution in [3.8, 4) is 16.9 Å². The van der Waals surface area contributed by atoms with Gasteiger partial charge in [-0.05, 0) is 24.6 Å². The van der Waals surface area contributed by atoms with Gasteiger partial charge >= 0.3 is 5.97 Å². The van der Waals surface area contributed by atoms with E-state index in [-0.39, 0.29) is 5.75 Å². The Bertz CT molecular complexity index is 531. The van der Waals surface area contributed by atoms with Gasteiger partial charge in [-0.3, -0.25) is 4.68 Å². The molecule has 0 saturated carbocycles. The molecule has 2 N–H and O–H groups in total. The van der Waals surface area contributed by atoms with E-state index < -0.39 is 12.0 Å². The molecule has 0 aliphatic heterocycles. The topological polar surface area (TPSA) is 75.3 Å². The lowest BCUT2D eigenvalue weighted by atomic mass is 10.1. The summed E-state index contributed by atoms with van der Waals surface area (Å²) in [6.45, 7) is 1.57. The van der Waals surface area contributed by atoms with Crippen LogP contribution < -0.4 is 0 Å². The molecule has 1 aromatic heterocycles. The molecule has 17 heavy (non-hydrogen) atoms. The molecule has 2 aromatic rings. The van der Waals surface area contributed by atoms with Crippen molar-refractivity contribution in [2.45, 2.75) is 13.0 Å². The van der Waals surface area contributed by atoms with Gasteiger partial charge in [0.2, 0.25) is 0 Å². The fourth-order valence-electron chi connectivity index (χ4n) is 1.47. The van der Waals surface area contributed by atoms with Crippen molar-refractivity contribution in [3.63, 3.8) is 0 Å². The van der Waals surface area contributed by atoms with E-state index in [0.29, 0.717) is 0 Å². The van der Waals surface area contributed by atoms with Crippen LogP contribution in [0.2, 0.25) is 0 Å². The standard InChI is InChI=1S/C12H12N2O3/c1-8(12(16)17)14-7-10(6-13-14)9-2-4-11(15)5-3-9/h2-8,15H,1H3,(H,16,17). The van der Waals surface area contributed by atoms with Crippen LogP contribution in [0.3, 0.4) is 0 Å². The van der Waals surface area contributed by atoms with Crippen LogP contribution in [0.4, 0.5) is 0 Å². The summed E-state index contributed by atoms with van der Waals surface area (Å²) in [7, 11) is 0. The number of hydrogen-bond donors (Lipinski definition) is 2. The number of phenolic OH excluding ortho intramolecular Hbond substituents is 1. The highest BCUT2D eigenvalue weighted by Gasteiger charge is 2.14. The molecule has 0 fully saturated rings. The maximum Gasteiger partial charge on any atom is 0.328 e. The Labute approximate surface area is 97.9 Å². The van der Waals surface area contributed by atoms with Crippen molar-refractivity contribution in [1.82, 2.24) is 9.78 Å². The van der Waals surface area contributed by atoms with Crippen molar-refractivity contribution in [1.29, 1.82) is 0 Å². The van der Waals surface area contributed by atoms with Gasteiger partial charge in [0.05, 0.1) is 6.20 Å². The Morgan fingerprint density at radius 2 is 1.94 bits per heavy atom. The van der Waals surface area contributed by atoms with Crippen molar-refractivity contribution in [3.05, 3.63) is 36.7 Å². The highest BCUT2D eigenvalue weighted by atomic mass is 16.4. The second kappa shape index (κ2) is 4.29. The zero-order valence-electron chi connectivity index (χ0n) is 9.24. The number of aromatic hydroxyl groups is 1. The molecule has 0 bridgehead atoms. The predicted molar refractivity (Wildman–Crippen MR) is 61.7 cm³/mol. The molecule has 0 aliphatic rings. The number of carboxylic acid groups (broad SMARTS) is 1. The van der Waals surface area contributed by atoms with Gasteiger partial charge in [-0.1, -0.05) is 12.1 Å². The van der Waals surface area contributed by atoms with E-state index >= 15 is 0 Å². The van der Waals surface area contributed by atoms with Crippen LogP contribution in [0.5, 0.6) is 5.75 Å². The summed E-state index contributed by atoms with van der Waals surface area (Å²) in [5, 5.41) is 22.0. The van der Waals surface area contributed by atoms with E-state index in [1.807, 2.05) is 0 Å². The molecule has 1 unspecified atom stereocenters. The lowest BCUT2D eigenvalue weighted by Gasteiger charge is -2.05. The van der Waals surface area contributed by atoms with E-state index in [9.17, 15) is 9.90 Å². The van der Waals surface area contributed by atoms with Crippen LogP contribution >= 0.6 is 0 Å². The monoisotopic (exact) mass is 232 g/mol. The lowest BCUT2D eigenvalue weighted by molar-refractivity contribution is -0.140. The molecule has 1 atom stereocenters. The number of aromatic nitrogens is 2. The fourth-order valence-corrected chi connectivity index (χ4v) is 1.47. The van der Waals surface area contributed by atoms with E-state index in [1.165, 1.54) is 4.68 Å². The second-order valence-electron chi connectivity index (χ2n) is 3.77. The molecule has 0 radical (unpaired) electrons. The number of carbonyl (C=O) groups is 1. The van der Waals surface area contributed by atoms with E-state index in [1.54, 1.807) is 43.6 Å². The highest BCUT2D eigenvalue weighted by molar-refractivity contribution is 5.71. The van der Waals surface area contributed by atoms with Gasteiger partial charge in [0.1, 0.15) is 11.8 Å². The normalized spacial score (nSPS) is 12.3. The molecular weight excluding hydrogens is 220 g/mol. The van der Waals surface area contributed by atoms with Gasteiger partial charge in [-0.15, -0.1) is 0 Å². The average Bonchev–Trinajstić information content (AvgIpc) is 2.78. The molecule has 1 aromatic carbocycles. The molecule has 2 rings (SSSR count). The summed E-state index contributed by atoms with van der Waals surface area (Å²) < 4.78 is 1.39. The fraction of sp³-hybridized carbons (Fsp3) is 0.167. The zero-order chi connectivity index (χ0) is 12.4. The van der Waals surface area contributed by atoms with Crippen molar-refractivity contribution in [2.24, 2.45) is 0 Å². The minimum absolute atomic E-state index is 0.194. The largest absolute Gasteiger partial charge is 0.508 e. The van der Waals surface area contributed by atoms with Gasteiger partial charge in [-0.25, -0.2) is 4.79 Å². The van der Waals surface area contributed by atoms with Crippen molar-refractivity contribution < 1.29 is 15.0 Å². The third-order valence-corrected chi connectivity index (χ3v) is 2.56. The molecule has 5 nitrogen and oxygen atoms in total. The number of hydrogen-bond acceptors (Lipinski definition) is 3. The van der Waals surface area contributed by atoms with Crippen molar-refractivity contribution in [2.75, 3.05) is 0 Å². The molecular formula is C12H12N2O3. The van der Waals surface area contributed by atoms with Crippen LogP contribution in [0.15, 0.2) is 36.7 Å². The molecule has 1 heterocycles. The molecule has 0 aliphatic carbocycles. The quantitative estimate of drug-likeness (QED) is 0.847. The number of phenols is 1. The highest BCUT2D eigenvalue weighted by Crippen LogP contribution is 2.22. The second-order valence-corrected chi connectivity index (χ2v) is 3.77. The first-order valence-corrected chi connectivity index (χ1v) is 5.14. The number of rotatable bonds is 3. The van der Waals surface area contributed by atoms with Gasteiger partial charge in [0, 0.05) is 11.8 Å². The van der Waals surface area contributed by atoms with E-state index in [2.05, 4.69) is 5.10 Å². The van der Waals surface area contributed by atoms with Crippen LogP contribution in [-0.4, -0.2) is 26.0 Å². The van der Waals surface area contributed by atoms with E-state index in [0.717, 1.165) is 11.1 Å². The average molecular weight is 232 g/mol. The van der Waals surface area contributed by atoms with Gasteiger partial charge in [0.25, 0.3) is 0 Å². The first kappa shape index (κ1) is 11.2. The maximum atomic E-state index is 10.8. The van der Waals surface area contributed by atoms with Crippen LogP contribution in [0.25, 0.3) is 11.1 Å². The maximum absolute atomic E-state index is 10.8. The SMILES string of the molecule is CC(C(=O)O)n1cc(-c2ccc(O)cc2)cn1. The van der Waals surface area contributed by atoms with E-state index in [4.69, 9.17) is 5.11 Å². The number of aliphatic carboxylic acids is 1. The lowest BCUT2D eigenvalue weighted by Crippen LogP contribution is -2.15. The van der Waals surface area contributed by atoms with Gasteiger partial charge < -0.3 is 10.2 Å². The Balaban J connectivity index is 2.29. The summed E-state index contributed by atoms with van der Waals surface area (Å²) in [5.41, 5.74) is 1.70.